The van der Waals surface area contributed by atoms with Gasteiger partial charge in [-0.2, -0.15) is 0 Å². The van der Waals surface area contributed by atoms with E-state index in [2.05, 4.69) is 52.5 Å². The fraction of sp³-hybridized carbons (Fsp3) is 0.407. The summed E-state index contributed by atoms with van der Waals surface area (Å²) in [6.45, 7) is 13.1. The number of hydrogen-bond acceptors (Lipinski definition) is 3. The van der Waals surface area contributed by atoms with Gasteiger partial charge in [-0.05, 0) is 65.1 Å². The summed E-state index contributed by atoms with van der Waals surface area (Å²) in [6.07, 6.45) is 3.93. The van der Waals surface area contributed by atoms with Gasteiger partial charge < -0.3 is 9.64 Å². The Labute approximate surface area is 186 Å². The van der Waals surface area contributed by atoms with Gasteiger partial charge in [0, 0.05) is 19.7 Å². The van der Waals surface area contributed by atoms with Gasteiger partial charge in [0.25, 0.3) is 0 Å². The molecule has 31 heavy (non-hydrogen) atoms. The van der Waals surface area contributed by atoms with E-state index in [1.165, 1.54) is 24.0 Å². The standard InChI is InChI=1S/C27H34N2O2/c1-8-17-31-25(30)19-9-12-21(13-10-19)28-24(29(6)7)20-11-14-22-23(18-20)27(4,5)16-15-26(22,2)3/h8-14,18H,1,15-17H2,2-7H3. The molecular formula is C27H34N2O2. The molecule has 0 bridgehead atoms. The first-order valence-electron chi connectivity index (χ1n) is 10.8. The molecule has 0 saturated heterocycles. The molecule has 0 unspecified atom stereocenters. The highest BCUT2D eigenvalue weighted by Crippen LogP contribution is 2.46. The van der Waals surface area contributed by atoms with Crippen molar-refractivity contribution in [2.24, 2.45) is 4.99 Å². The Morgan fingerprint density at radius 1 is 1.00 bits per heavy atom. The van der Waals surface area contributed by atoms with Crippen molar-refractivity contribution in [3.63, 3.8) is 0 Å². The number of aliphatic imine (C=N–C) groups is 1. The number of ether oxygens (including phenoxy) is 1. The number of amidine groups is 1. The van der Waals surface area contributed by atoms with Crippen LogP contribution in [0.25, 0.3) is 0 Å². The Morgan fingerprint density at radius 2 is 1.58 bits per heavy atom. The zero-order chi connectivity index (χ0) is 22.8. The predicted molar refractivity (Wildman–Crippen MR) is 129 cm³/mol. The number of fused-ring (bicyclic) bond motifs is 1. The summed E-state index contributed by atoms with van der Waals surface area (Å²) in [7, 11) is 4.02. The van der Waals surface area contributed by atoms with Crippen LogP contribution in [0.15, 0.2) is 60.1 Å². The molecule has 0 N–H and O–H groups in total. The van der Waals surface area contributed by atoms with E-state index in [1.54, 1.807) is 18.2 Å². The third kappa shape index (κ3) is 4.90. The van der Waals surface area contributed by atoms with Gasteiger partial charge in [0.05, 0.1) is 11.3 Å². The number of carbonyl (C=O) groups is 1. The topological polar surface area (TPSA) is 41.9 Å². The molecular weight excluding hydrogens is 384 g/mol. The second-order valence-corrected chi connectivity index (χ2v) is 9.79. The van der Waals surface area contributed by atoms with E-state index in [0.717, 1.165) is 17.1 Å². The van der Waals surface area contributed by atoms with E-state index in [1.807, 2.05) is 31.1 Å². The molecule has 0 aromatic heterocycles. The minimum Gasteiger partial charge on any atom is -0.458 e. The number of carbonyl (C=O) groups excluding carboxylic acids is 1. The van der Waals surface area contributed by atoms with Crippen molar-refractivity contribution in [1.82, 2.24) is 4.90 Å². The van der Waals surface area contributed by atoms with Crippen LogP contribution in [0, 0.1) is 0 Å². The maximum absolute atomic E-state index is 12.0. The average Bonchev–Trinajstić information content (AvgIpc) is 2.73. The van der Waals surface area contributed by atoms with Crippen LogP contribution in [0.5, 0.6) is 0 Å². The van der Waals surface area contributed by atoms with Gasteiger partial charge >= 0.3 is 5.97 Å². The molecule has 0 radical (unpaired) electrons. The molecule has 3 rings (SSSR count). The van der Waals surface area contributed by atoms with Gasteiger partial charge in [-0.25, -0.2) is 9.79 Å². The fourth-order valence-corrected chi connectivity index (χ4v) is 4.16. The highest BCUT2D eigenvalue weighted by molar-refractivity contribution is 6.00. The molecule has 2 aromatic carbocycles. The molecule has 0 atom stereocenters. The molecule has 0 fully saturated rings. The van der Waals surface area contributed by atoms with E-state index in [4.69, 9.17) is 9.73 Å². The summed E-state index contributed by atoms with van der Waals surface area (Å²) < 4.78 is 5.09. The molecule has 2 aromatic rings. The first-order valence-corrected chi connectivity index (χ1v) is 10.8. The van der Waals surface area contributed by atoms with Gasteiger partial charge in [0.15, 0.2) is 0 Å². The Bertz CT molecular complexity index is 998. The summed E-state index contributed by atoms with van der Waals surface area (Å²) in [5, 5.41) is 0. The van der Waals surface area contributed by atoms with E-state index in [9.17, 15) is 4.79 Å². The molecule has 0 saturated carbocycles. The van der Waals surface area contributed by atoms with Crippen LogP contribution in [0.2, 0.25) is 0 Å². The van der Waals surface area contributed by atoms with E-state index >= 15 is 0 Å². The van der Waals surface area contributed by atoms with Crippen LogP contribution < -0.4 is 0 Å². The third-order valence-electron chi connectivity index (χ3n) is 6.20. The molecule has 4 nitrogen and oxygen atoms in total. The highest BCUT2D eigenvalue weighted by atomic mass is 16.5. The van der Waals surface area contributed by atoms with Gasteiger partial charge in [-0.1, -0.05) is 52.5 Å². The summed E-state index contributed by atoms with van der Waals surface area (Å²) in [5.41, 5.74) is 5.58. The minimum absolute atomic E-state index is 0.145. The maximum Gasteiger partial charge on any atom is 0.338 e. The average molecular weight is 419 g/mol. The first-order chi connectivity index (χ1) is 14.5. The van der Waals surface area contributed by atoms with Gasteiger partial charge in [0.2, 0.25) is 0 Å². The quantitative estimate of drug-likeness (QED) is 0.258. The second kappa shape index (κ2) is 8.70. The van der Waals surface area contributed by atoms with Crippen LogP contribution in [-0.4, -0.2) is 37.4 Å². The normalized spacial score (nSPS) is 16.9. The van der Waals surface area contributed by atoms with Crippen molar-refractivity contribution in [3.05, 3.63) is 77.4 Å². The molecule has 164 valence electrons. The van der Waals surface area contributed by atoms with Gasteiger partial charge in [-0.15, -0.1) is 0 Å². The van der Waals surface area contributed by atoms with Crippen LogP contribution in [-0.2, 0) is 15.6 Å². The van der Waals surface area contributed by atoms with Gasteiger partial charge in [0.1, 0.15) is 12.4 Å². The van der Waals surface area contributed by atoms with Gasteiger partial charge in [-0.3, -0.25) is 0 Å². The van der Waals surface area contributed by atoms with Crippen LogP contribution in [0.3, 0.4) is 0 Å². The molecule has 1 aliphatic rings. The van der Waals surface area contributed by atoms with Crippen LogP contribution in [0.1, 0.15) is 67.6 Å². The Morgan fingerprint density at radius 3 is 2.16 bits per heavy atom. The minimum atomic E-state index is -0.359. The van der Waals surface area contributed by atoms with Crippen molar-refractivity contribution in [2.75, 3.05) is 20.7 Å². The van der Waals surface area contributed by atoms with Crippen molar-refractivity contribution >= 4 is 17.5 Å². The molecule has 0 spiro atoms. The number of hydrogen-bond donors (Lipinski definition) is 0. The monoisotopic (exact) mass is 418 g/mol. The number of esters is 1. The lowest BCUT2D eigenvalue weighted by atomic mass is 9.63. The zero-order valence-corrected chi connectivity index (χ0v) is 19.7. The van der Waals surface area contributed by atoms with Crippen LogP contribution in [0.4, 0.5) is 5.69 Å². The highest BCUT2D eigenvalue weighted by Gasteiger charge is 2.37. The molecule has 0 aliphatic heterocycles. The number of benzene rings is 2. The lowest BCUT2D eigenvalue weighted by Gasteiger charge is -2.42. The van der Waals surface area contributed by atoms with E-state index in [0.29, 0.717) is 5.56 Å². The number of nitrogens with zero attached hydrogens (tertiary/aromatic N) is 2. The smallest absolute Gasteiger partial charge is 0.338 e. The summed E-state index contributed by atoms with van der Waals surface area (Å²) >= 11 is 0. The maximum atomic E-state index is 12.0. The lowest BCUT2D eigenvalue weighted by Crippen LogP contribution is -2.34. The largest absolute Gasteiger partial charge is 0.458 e. The Balaban J connectivity index is 1.97. The van der Waals surface area contributed by atoms with Crippen molar-refractivity contribution < 1.29 is 9.53 Å². The molecule has 0 amide bonds. The van der Waals surface area contributed by atoms with Crippen molar-refractivity contribution in [1.29, 1.82) is 0 Å². The fourth-order valence-electron chi connectivity index (χ4n) is 4.16. The summed E-state index contributed by atoms with van der Waals surface area (Å²) in [4.78, 5) is 18.9. The lowest BCUT2D eigenvalue weighted by molar-refractivity contribution is 0.0550. The Kier molecular flexibility index (Phi) is 6.40. The zero-order valence-electron chi connectivity index (χ0n) is 19.7. The van der Waals surface area contributed by atoms with Crippen molar-refractivity contribution in [3.8, 4) is 0 Å². The van der Waals surface area contributed by atoms with Crippen molar-refractivity contribution in [2.45, 2.75) is 51.4 Å². The summed E-state index contributed by atoms with van der Waals surface area (Å²) in [5.74, 6) is 0.534. The first kappa shape index (κ1) is 22.8. The number of rotatable bonds is 5. The molecule has 0 heterocycles. The Hall–Kier alpha value is -2.88. The third-order valence-corrected chi connectivity index (χ3v) is 6.20. The predicted octanol–water partition coefficient (Wildman–Crippen LogP) is 6.02. The molecule has 4 heteroatoms. The molecule has 1 aliphatic carbocycles. The second-order valence-electron chi connectivity index (χ2n) is 9.79. The van der Waals surface area contributed by atoms with Crippen LogP contribution >= 0.6 is 0 Å². The SMILES string of the molecule is C=CCOC(=O)c1ccc(N=C(c2ccc3c(c2)C(C)(C)CCC3(C)C)N(C)C)cc1. The summed E-state index contributed by atoms with van der Waals surface area (Å²) in [6, 6.07) is 14.0. The van der Waals surface area contributed by atoms with E-state index in [-0.39, 0.29) is 23.4 Å². The van der Waals surface area contributed by atoms with E-state index < -0.39 is 0 Å².